The van der Waals surface area contributed by atoms with Crippen LogP contribution < -0.4 is 5.32 Å². The largest absolute Gasteiger partial charge is 0.464 e. The summed E-state index contributed by atoms with van der Waals surface area (Å²) in [5.74, 6) is -0.669. The minimum Gasteiger partial charge on any atom is -0.464 e. The number of hydrogen-bond donors (Lipinski definition) is 1. The van der Waals surface area contributed by atoms with Crippen LogP contribution >= 0.6 is 15.9 Å². The third-order valence-corrected chi connectivity index (χ3v) is 5.25. The molecule has 0 bridgehead atoms. The Labute approximate surface area is 172 Å². The van der Waals surface area contributed by atoms with Crippen LogP contribution in [0.25, 0.3) is 0 Å². The number of carbonyl (C=O) groups is 2. The number of carbonyl (C=O) groups excluding carboxylic acids is 2. The average molecular weight is 440 g/mol. The van der Waals surface area contributed by atoms with Crippen molar-refractivity contribution in [3.63, 3.8) is 0 Å². The molecule has 0 spiro atoms. The van der Waals surface area contributed by atoms with E-state index in [-0.39, 0.29) is 11.9 Å². The topological polar surface area (TPSA) is 55.4 Å². The highest BCUT2D eigenvalue weighted by Gasteiger charge is 2.18. The van der Waals surface area contributed by atoms with Crippen molar-refractivity contribution in [1.82, 2.24) is 5.32 Å². The molecule has 0 aliphatic rings. The first-order chi connectivity index (χ1) is 13.1. The highest BCUT2D eigenvalue weighted by atomic mass is 79.9. The van der Waals surface area contributed by atoms with Gasteiger partial charge in [-0.25, -0.2) is 4.79 Å². The molecule has 1 amide bonds. The van der Waals surface area contributed by atoms with Gasteiger partial charge in [-0.1, -0.05) is 76.8 Å². The molecule has 0 saturated carbocycles. The molecule has 0 heterocycles. The van der Waals surface area contributed by atoms with E-state index in [2.05, 4.69) is 28.2 Å². The summed E-state index contributed by atoms with van der Waals surface area (Å²) >= 11 is 3.34. The van der Waals surface area contributed by atoms with Crippen LogP contribution in [-0.4, -0.2) is 24.5 Å². The lowest BCUT2D eigenvalue weighted by atomic mass is 10.1. The minimum atomic E-state index is -0.660. The van der Waals surface area contributed by atoms with E-state index in [1.165, 1.54) is 51.4 Å². The molecule has 27 heavy (non-hydrogen) atoms. The van der Waals surface area contributed by atoms with E-state index in [4.69, 9.17) is 4.74 Å². The number of nitrogens with one attached hydrogen (secondary N) is 1. The lowest BCUT2D eigenvalue weighted by Crippen LogP contribution is -2.39. The number of hydrogen-bond acceptors (Lipinski definition) is 3. The van der Waals surface area contributed by atoms with Crippen molar-refractivity contribution >= 4 is 27.8 Å². The first-order valence-corrected chi connectivity index (χ1v) is 11.1. The van der Waals surface area contributed by atoms with Gasteiger partial charge in [-0.3, -0.25) is 4.79 Å². The summed E-state index contributed by atoms with van der Waals surface area (Å²) in [5.41, 5.74) is 0.506. The van der Waals surface area contributed by atoms with E-state index in [1.54, 1.807) is 25.1 Å². The van der Waals surface area contributed by atoms with Gasteiger partial charge in [0.25, 0.3) is 5.91 Å². The Morgan fingerprint density at radius 1 is 0.963 bits per heavy atom. The summed E-state index contributed by atoms with van der Waals surface area (Å²) in [6.07, 6.45) is 12.4. The maximum atomic E-state index is 12.2. The Hall–Kier alpha value is -1.36. The van der Waals surface area contributed by atoms with Crippen molar-refractivity contribution in [2.75, 3.05) is 6.61 Å². The van der Waals surface area contributed by atoms with Gasteiger partial charge in [0.15, 0.2) is 0 Å². The van der Waals surface area contributed by atoms with Crippen molar-refractivity contribution in [1.29, 1.82) is 0 Å². The Morgan fingerprint density at radius 2 is 1.52 bits per heavy atom. The SMILES string of the molecule is CCCCCCCCCCCCOC(=O)[C@H](C)NC(=O)c1ccccc1Br. The second kappa shape index (κ2) is 14.7. The molecule has 4 nitrogen and oxygen atoms in total. The van der Waals surface area contributed by atoms with Gasteiger partial charge in [-0.05, 0) is 41.4 Å². The Balaban J connectivity index is 2.07. The molecule has 152 valence electrons. The van der Waals surface area contributed by atoms with Gasteiger partial charge in [0.2, 0.25) is 0 Å². The summed E-state index contributed by atoms with van der Waals surface area (Å²) in [4.78, 5) is 24.2. The number of halogens is 1. The Kier molecular flexibility index (Phi) is 12.9. The van der Waals surface area contributed by atoms with Crippen LogP contribution in [0.4, 0.5) is 0 Å². The van der Waals surface area contributed by atoms with Crippen molar-refractivity contribution in [2.24, 2.45) is 0 Å². The molecule has 0 aliphatic carbocycles. The fraction of sp³-hybridized carbons (Fsp3) is 0.636. The van der Waals surface area contributed by atoms with E-state index in [0.717, 1.165) is 12.8 Å². The van der Waals surface area contributed by atoms with Gasteiger partial charge in [0.05, 0.1) is 12.2 Å². The van der Waals surface area contributed by atoms with Gasteiger partial charge in [-0.2, -0.15) is 0 Å². The molecule has 0 fully saturated rings. The van der Waals surface area contributed by atoms with E-state index >= 15 is 0 Å². The molecule has 5 heteroatoms. The van der Waals surface area contributed by atoms with Crippen LogP contribution in [0, 0.1) is 0 Å². The molecule has 0 aromatic heterocycles. The van der Waals surface area contributed by atoms with Crippen molar-refractivity contribution in [3.05, 3.63) is 34.3 Å². The molecular weight excluding hydrogens is 406 g/mol. The normalized spacial score (nSPS) is 11.8. The summed E-state index contributed by atoms with van der Waals surface area (Å²) in [6.45, 7) is 4.31. The smallest absolute Gasteiger partial charge is 0.328 e. The monoisotopic (exact) mass is 439 g/mol. The quantitative estimate of drug-likeness (QED) is 0.284. The highest BCUT2D eigenvalue weighted by Crippen LogP contribution is 2.15. The summed E-state index contributed by atoms with van der Waals surface area (Å²) in [5, 5.41) is 2.68. The zero-order chi connectivity index (χ0) is 19.9. The molecule has 1 aromatic rings. The van der Waals surface area contributed by atoms with E-state index in [1.807, 2.05) is 6.07 Å². The summed E-state index contributed by atoms with van der Waals surface area (Å²) in [7, 11) is 0. The lowest BCUT2D eigenvalue weighted by molar-refractivity contribution is -0.145. The predicted octanol–water partition coefficient (Wildman–Crippen LogP) is 6.03. The maximum absolute atomic E-state index is 12.2. The maximum Gasteiger partial charge on any atom is 0.328 e. The fourth-order valence-corrected chi connectivity index (χ4v) is 3.33. The highest BCUT2D eigenvalue weighted by molar-refractivity contribution is 9.10. The molecule has 0 radical (unpaired) electrons. The average Bonchev–Trinajstić information content (AvgIpc) is 2.66. The molecular formula is C22H34BrNO3. The van der Waals surface area contributed by atoms with Gasteiger partial charge in [-0.15, -0.1) is 0 Å². The first-order valence-electron chi connectivity index (χ1n) is 10.3. The predicted molar refractivity (Wildman–Crippen MR) is 114 cm³/mol. The van der Waals surface area contributed by atoms with Gasteiger partial charge in [0.1, 0.15) is 6.04 Å². The number of ether oxygens (including phenoxy) is 1. The van der Waals surface area contributed by atoms with Crippen LogP contribution in [0.5, 0.6) is 0 Å². The van der Waals surface area contributed by atoms with Crippen molar-refractivity contribution < 1.29 is 14.3 Å². The summed E-state index contributed by atoms with van der Waals surface area (Å²) in [6, 6.07) is 6.47. The number of benzene rings is 1. The van der Waals surface area contributed by atoms with Crippen molar-refractivity contribution in [3.8, 4) is 0 Å². The van der Waals surface area contributed by atoms with Crippen LogP contribution in [-0.2, 0) is 9.53 Å². The number of amides is 1. The third-order valence-electron chi connectivity index (χ3n) is 4.56. The van der Waals surface area contributed by atoms with Crippen LogP contribution in [0.15, 0.2) is 28.7 Å². The van der Waals surface area contributed by atoms with E-state index in [9.17, 15) is 9.59 Å². The zero-order valence-corrected chi connectivity index (χ0v) is 18.4. The third kappa shape index (κ3) is 10.5. The molecule has 0 unspecified atom stereocenters. The number of rotatable bonds is 14. The van der Waals surface area contributed by atoms with Gasteiger partial charge >= 0.3 is 5.97 Å². The Morgan fingerprint density at radius 3 is 2.11 bits per heavy atom. The molecule has 1 aromatic carbocycles. The second-order valence-electron chi connectivity index (χ2n) is 7.02. The van der Waals surface area contributed by atoms with Crippen molar-refractivity contribution in [2.45, 2.75) is 84.1 Å². The Bertz CT molecular complexity index is 562. The van der Waals surface area contributed by atoms with Gasteiger partial charge < -0.3 is 10.1 Å². The standard InChI is InChI=1S/C22H34BrNO3/c1-3-4-5-6-7-8-9-10-11-14-17-27-22(26)18(2)24-21(25)19-15-12-13-16-20(19)23/h12-13,15-16,18H,3-11,14,17H2,1-2H3,(H,24,25)/t18-/m0/s1. The zero-order valence-electron chi connectivity index (χ0n) is 16.8. The van der Waals surface area contributed by atoms with E-state index < -0.39 is 6.04 Å². The fourth-order valence-electron chi connectivity index (χ4n) is 2.87. The molecule has 1 N–H and O–H groups in total. The lowest BCUT2D eigenvalue weighted by Gasteiger charge is -2.14. The molecule has 0 aliphatic heterocycles. The minimum absolute atomic E-state index is 0.286. The van der Waals surface area contributed by atoms with Crippen LogP contribution in [0.1, 0.15) is 88.4 Å². The summed E-state index contributed by atoms with van der Waals surface area (Å²) < 4.78 is 5.98. The van der Waals surface area contributed by atoms with E-state index in [0.29, 0.717) is 16.6 Å². The van der Waals surface area contributed by atoms with Crippen LogP contribution in [0.3, 0.4) is 0 Å². The number of esters is 1. The first kappa shape index (κ1) is 23.7. The van der Waals surface area contributed by atoms with Gasteiger partial charge in [0, 0.05) is 4.47 Å². The molecule has 1 atom stereocenters. The molecule has 1 rings (SSSR count). The number of unbranched alkanes of at least 4 members (excludes halogenated alkanes) is 9. The van der Waals surface area contributed by atoms with Crippen LogP contribution in [0.2, 0.25) is 0 Å². The second-order valence-corrected chi connectivity index (χ2v) is 7.88. The molecule has 0 saturated heterocycles.